The van der Waals surface area contributed by atoms with Gasteiger partial charge >= 0.3 is 5.97 Å². The molecule has 0 aromatic carbocycles. The fraction of sp³-hybridized carbons (Fsp3) is 0.364. The summed E-state index contributed by atoms with van der Waals surface area (Å²) >= 11 is 0. The highest BCUT2D eigenvalue weighted by atomic mass is 16.5. The third kappa shape index (κ3) is 3.09. The standard InChI is InChI=1S/C11H16N4O3/c1-13-9(16)6-15(2)10-7(12)4-5-8(14-10)11(17)18-3/h4-5H,6,12H2,1-3H3,(H,13,16). The normalized spacial score (nSPS) is 9.72. The SMILES string of the molecule is CNC(=O)CN(C)c1nc(C(=O)OC)ccc1N. The van der Waals surface area contributed by atoms with E-state index in [0.29, 0.717) is 11.5 Å². The molecule has 1 aromatic rings. The zero-order valence-electron chi connectivity index (χ0n) is 10.6. The third-order valence-corrected chi connectivity index (χ3v) is 2.32. The zero-order chi connectivity index (χ0) is 13.7. The molecule has 0 atom stereocenters. The first-order valence-electron chi connectivity index (χ1n) is 5.26. The summed E-state index contributed by atoms with van der Waals surface area (Å²) in [4.78, 5) is 28.3. The van der Waals surface area contributed by atoms with Crippen molar-refractivity contribution in [2.45, 2.75) is 0 Å². The lowest BCUT2D eigenvalue weighted by atomic mass is 10.3. The second-order valence-corrected chi connectivity index (χ2v) is 3.63. The predicted octanol–water partition coefficient (Wildman–Crippen LogP) is -0.367. The highest BCUT2D eigenvalue weighted by Crippen LogP contribution is 2.19. The van der Waals surface area contributed by atoms with Crippen molar-refractivity contribution in [1.29, 1.82) is 0 Å². The van der Waals surface area contributed by atoms with E-state index < -0.39 is 5.97 Å². The monoisotopic (exact) mass is 252 g/mol. The van der Waals surface area contributed by atoms with E-state index in [1.165, 1.54) is 20.2 Å². The molecule has 1 rings (SSSR count). The lowest BCUT2D eigenvalue weighted by Gasteiger charge is -2.19. The number of ether oxygens (including phenoxy) is 1. The Morgan fingerprint density at radius 1 is 1.50 bits per heavy atom. The molecule has 0 saturated heterocycles. The number of hydrogen-bond donors (Lipinski definition) is 2. The number of aromatic nitrogens is 1. The van der Waals surface area contributed by atoms with E-state index >= 15 is 0 Å². The fourth-order valence-corrected chi connectivity index (χ4v) is 1.35. The van der Waals surface area contributed by atoms with Crippen LogP contribution in [0.4, 0.5) is 11.5 Å². The van der Waals surface area contributed by atoms with Gasteiger partial charge in [-0.1, -0.05) is 0 Å². The first-order chi connectivity index (χ1) is 8.49. The molecule has 3 N–H and O–H groups in total. The molecule has 98 valence electrons. The lowest BCUT2D eigenvalue weighted by Crippen LogP contribution is -2.34. The smallest absolute Gasteiger partial charge is 0.356 e. The molecule has 0 aliphatic rings. The molecular weight excluding hydrogens is 236 g/mol. The van der Waals surface area contributed by atoms with E-state index in [2.05, 4.69) is 15.0 Å². The van der Waals surface area contributed by atoms with Crippen LogP contribution in [0, 0.1) is 0 Å². The molecule has 0 unspecified atom stereocenters. The molecule has 1 aromatic heterocycles. The van der Waals surface area contributed by atoms with Crippen LogP contribution >= 0.6 is 0 Å². The number of nitrogens with one attached hydrogen (secondary N) is 1. The van der Waals surface area contributed by atoms with Gasteiger partial charge in [-0.15, -0.1) is 0 Å². The van der Waals surface area contributed by atoms with Gasteiger partial charge in [-0.05, 0) is 12.1 Å². The molecule has 0 bridgehead atoms. The van der Waals surface area contributed by atoms with Gasteiger partial charge in [0.2, 0.25) is 5.91 Å². The maximum atomic E-state index is 11.4. The number of nitrogen functional groups attached to an aromatic ring is 1. The summed E-state index contributed by atoms with van der Waals surface area (Å²) in [5, 5.41) is 2.49. The number of likely N-dealkylation sites (N-methyl/N-ethyl adjacent to an activating group) is 2. The molecular formula is C11H16N4O3. The number of nitrogens with two attached hydrogens (primary N) is 1. The van der Waals surface area contributed by atoms with E-state index in [0.717, 1.165) is 0 Å². The highest BCUT2D eigenvalue weighted by molar-refractivity contribution is 5.89. The van der Waals surface area contributed by atoms with Gasteiger partial charge in [-0.3, -0.25) is 4.79 Å². The third-order valence-electron chi connectivity index (χ3n) is 2.32. The van der Waals surface area contributed by atoms with Gasteiger partial charge in [0, 0.05) is 14.1 Å². The maximum Gasteiger partial charge on any atom is 0.356 e. The molecule has 0 fully saturated rings. The zero-order valence-corrected chi connectivity index (χ0v) is 10.6. The van der Waals surface area contributed by atoms with Gasteiger partial charge in [-0.25, -0.2) is 9.78 Å². The summed E-state index contributed by atoms with van der Waals surface area (Å²) in [5.74, 6) is -0.367. The molecule has 0 radical (unpaired) electrons. The van der Waals surface area contributed by atoms with Crippen LogP contribution in [0.5, 0.6) is 0 Å². The minimum atomic E-state index is -0.551. The van der Waals surface area contributed by atoms with E-state index in [-0.39, 0.29) is 18.1 Å². The molecule has 0 aliphatic heterocycles. The summed E-state index contributed by atoms with van der Waals surface area (Å²) in [6.45, 7) is 0.0956. The van der Waals surface area contributed by atoms with Gasteiger partial charge in [0.25, 0.3) is 0 Å². The Hall–Kier alpha value is -2.31. The summed E-state index contributed by atoms with van der Waals surface area (Å²) in [6.07, 6.45) is 0. The van der Waals surface area contributed by atoms with E-state index in [4.69, 9.17) is 5.73 Å². The largest absolute Gasteiger partial charge is 0.464 e. The Morgan fingerprint density at radius 3 is 2.72 bits per heavy atom. The molecule has 7 heteroatoms. The van der Waals surface area contributed by atoms with Crippen molar-refractivity contribution in [3.8, 4) is 0 Å². The first-order valence-corrected chi connectivity index (χ1v) is 5.26. The van der Waals surface area contributed by atoms with Crippen LogP contribution in [0.25, 0.3) is 0 Å². The summed E-state index contributed by atoms with van der Waals surface area (Å²) < 4.78 is 4.57. The fourth-order valence-electron chi connectivity index (χ4n) is 1.35. The minimum absolute atomic E-state index is 0.0956. The number of esters is 1. The van der Waals surface area contributed by atoms with Gasteiger partial charge in [0.15, 0.2) is 11.5 Å². The number of methoxy groups -OCH3 is 1. The van der Waals surface area contributed by atoms with Gasteiger partial charge in [0.05, 0.1) is 19.3 Å². The number of carbonyl (C=O) groups excluding carboxylic acids is 2. The minimum Gasteiger partial charge on any atom is -0.464 e. The van der Waals surface area contributed by atoms with E-state index in [1.54, 1.807) is 18.0 Å². The number of amides is 1. The maximum absolute atomic E-state index is 11.4. The van der Waals surface area contributed by atoms with Crippen molar-refractivity contribution in [2.75, 3.05) is 38.4 Å². The molecule has 0 saturated carbocycles. The van der Waals surface area contributed by atoms with Gasteiger partial charge in [-0.2, -0.15) is 0 Å². The molecule has 18 heavy (non-hydrogen) atoms. The van der Waals surface area contributed by atoms with Crippen molar-refractivity contribution < 1.29 is 14.3 Å². The number of rotatable bonds is 4. The average molecular weight is 252 g/mol. The van der Waals surface area contributed by atoms with Crippen LogP contribution in [0.3, 0.4) is 0 Å². The first kappa shape index (κ1) is 13.8. The number of hydrogen-bond acceptors (Lipinski definition) is 6. The van der Waals surface area contributed by atoms with Crippen molar-refractivity contribution in [2.24, 2.45) is 0 Å². The van der Waals surface area contributed by atoms with Crippen molar-refractivity contribution in [3.05, 3.63) is 17.8 Å². The highest BCUT2D eigenvalue weighted by Gasteiger charge is 2.14. The van der Waals surface area contributed by atoms with Crippen molar-refractivity contribution in [1.82, 2.24) is 10.3 Å². The van der Waals surface area contributed by atoms with Crippen molar-refractivity contribution >= 4 is 23.4 Å². The number of nitrogens with zero attached hydrogens (tertiary/aromatic N) is 2. The topological polar surface area (TPSA) is 97.5 Å². The second-order valence-electron chi connectivity index (χ2n) is 3.63. The lowest BCUT2D eigenvalue weighted by molar-refractivity contribution is -0.119. The summed E-state index contributed by atoms with van der Waals surface area (Å²) in [5.41, 5.74) is 6.29. The van der Waals surface area contributed by atoms with Crippen LogP contribution in [0.2, 0.25) is 0 Å². The van der Waals surface area contributed by atoms with Crippen LogP contribution < -0.4 is 16.0 Å². The summed E-state index contributed by atoms with van der Waals surface area (Å²) in [7, 11) is 4.47. The van der Waals surface area contributed by atoms with Crippen LogP contribution in [0.15, 0.2) is 12.1 Å². The summed E-state index contributed by atoms with van der Waals surface area (Å²) in [6, 6.07) is 3.02. The molecule has 1 heterocycles. The van der Waals surface area contributed by atoms with Gasteiger partial charge in [0.1, 0.15) is 0 Å². The second kappa shape index (κ2) is 5.85. The average Bonchev–Trinajstić information content (AvgIpc) is 2.37. The molecule has 0 aliphatic carbocycles. The van der Waals surface area contributed by atoms with Crippen molar-refractivity contribution in [3.63, 3.8) is 0 Å². The van der Waals surface area contributed by atoms with Crippen LogP contribution in [-0.2, 0) is 9.53 Å². The van der Waals surface area contributed by atoms with E-state index in [9.17, 15) is 9.59 Å². The molecule has 1 amide bonds. The number of pyridine rings is 1. The van der Waals surface area contributed by atoms with E-state index in [1.807, 2.05) is 0 Å². The Balaban J connectivity index is 2.99. The van der Waals surface area contributed by atoms with Crippen LogP contribution in [-0.4, -0.2) is 44.6 Å². The Labute approximate surface area is 105 Å². The number of carbonyl (C=O) groups is 2. The van der Waals surface area contributed by atoms with Crippen LogP contribution in [0.1, 0.15) is 10.5 Å². The Morgan fingerprint density at radius 2 is 2.17 bits per heavy atom. The van der Waals surface area contributed by atoms with Gasteiger partial charge < -0.3 is 20.7 Å². The molecule has 0 spiro atoms. The Bertz CT molecular complexity index is 462. The Kier molecular flexibility index (Phi) is 4.47. The quantitative estimate of drug-likeness (QED) is 0.710. The predicted molar refractivity (Wildman–Crippen MR) is 67.3 cm³/mol. The molecule has 7 nitrogen and oxygen atoms in total. The number of anilines is 2.